The summed E-state index contributed by atoms with van der Waals surface area (Å²) in [6, 6.07) is 9.18. The van der Waals surface area contributed by atoms with Crippen LogP contribution in [0.1, 0.15) is 76.8 Å². The molecule has 9 unspecified atom stereocenters. The molecule has 3 aliphatic carbocycles. The fraction of sp³-hybridized carbons (Fsp3) is 0.744. The molecule has 7 rings (SSSR count). The Bertz CT molecular complexity index is 1450. The fourth-order valence-corrected chi connectivity index (χ4v) is 17.2. The number of aliphatic imine (C=N–C) groups is 1. The predicted octanol–water partition coefficient (Wildman–Crippen LogP) is 7.19. The second kappa shape index (κ2) is 14.9. The van der Waals surface area contributed by atoms with Crippen LogP contribution in [-0.2, 0) is 17.6 Å². The van der Waals surface area contributed by atoms with Crippen LogP contribution in [0.25, 0.3) is 0 Å². The molecule has 6 aliphatic rings. The number of nitrogens with one attached hydrogen (secondary N) is 1. The molecule has 0 saturated heterocycles. The van der Waals surface area contributed by atoms with Gasteiger partial charge >= 0.3 is 0 Å². The Morgan fingerprint density at radius 3 is 2.69 bits per heavy atom. The number of aliphatic hydroxyl groups is 2. The van der Waals surface area contributed by atoms with Crippen LogP contribution >= 0.6 is 43.2 Å². The average Bonchev–Trinajstić information content (AvgIpc) is 3.39. The van der Waals surface area contributed by atoms with E-state index in [2.05, 4.69) is 50.4 Å². The predicted molar refractivity (Wildman–Crippen MR) is 211 cm³/mol. The normalized spacial score (nSPS) is 39.5. The van der Waals surface area contributed by atoms with Crippen LogP contribution < -0.4 is 11.1 Å². The van der Waals surface area contributed by atoms with Gasteiger partial charge in [-0.2, -0.15) is 0 Å². The number of carbonyl (C=O) groups excluding carboxylic acids is 1. The van der Waals surface area contributed by atoms with Gasteiger partial charge in [0.05, 0.1) is 5.54 Å². The highest BCUT2D eigenvalue weighted by Crippen LogP contribution is 2.76. The Balaban J connectivity index is 1.28. The number of ketones is 1. The molecule has 9 atom stereocenters. The van der Waals surface area contributed by atoms with Crippen molar-refractivity contribution in [3.05, 3.63) is 46.5 Å². The van der Waals surface area contributed by atoms with Gasteiger partial charge < -0.3 is 21.3 Å². The third-order valence-electron chi connectivity index (χ3n) is 13.7. The number of benzene rings is 1. The topological polar surface area (TPSA) is 108 Å². The molecule has 270 valence electrons. The van der Waals surface area contributed by atoms with Crippen molar-refractivity contribution in [3.8, 4) is 0 Å². The Hall–Kier alpha value is -0.780. The van der Waals surface area contributed by atoms with E-state index in [9.17, 15) is 15.0 Å². The largest absolute Gasteiger partial charge is 0.396 e. The van der Waals surface area contributed by atoms with Crippen LogP contribution in [0.3, 0.4) is 0 Å². The molecule has 0 amide bonds. The molecule has 1 aromatic rings. The number of nitrogens with zero attached hydrogens (tertiary/aromatic N) is 1. The van der Waals surface area contributed by atoms with Crippen molar-refractivity contribution in [3.63, 3.8) is 0 Å². The van der Waals surface area contributed by atoms with E-state index in [0.717, 1.165) is 80.9 Å². The fourth-order valence-electron chi connectivity index (χ4n) is 11.5. The standard InChI is InChI=1S/C39H57N3O3S4/c1-24(2)13-25-5-4-6-26(14-25)15-31-19-41-36(40)42-38(31)9-7-27-21-47-48-22-28(8-11-43)35-29(20-44)16-30-17-32-34(27)33(45)18-39(32,35)37(30,3)10-12-46-49-23-38/h4-6,14,24,27-31,35,43-44H,7-13,15-23H2,1-3H3,(H3,40,41,42). The number of aliphatic hydroxyl groups excluding tert-OH is 2. The zero-order valence-corrected chi connectivity index (χ0v) is 32.9. The number of Topliss-reactive ketones (excluding diaryl/α,β-unsaturated/α-hetero) is 1. The summed E-state index contributed by atoms with van der Waals surface area (Å²) in [6.45, 7) is 8.17. The lowest BCUT2D eigenvalue weighted by Crippen LogP contribution is -2.62. The van der Waals surface area contributed by atoms with Gasteiger partial charge in [0.25, 0.3) is 0 Å². The van der Waals surface area contributed by atoms with Crippen molar-refractivity contribution in [1.82, 2.24) is 5.32 Å². The minimum Gasteiger partial charge on any atom is -0.396 e. The Morgan fingerprint density at radius 1 is 1.08 bits per heavy atom. The highest BCUT2D eigenvalue weighted by atomic mass is 33.1. The SMILES string of the molecule is CC(C)Cc1cccc(CC2CN=C(N)NC23CCC2CSSCC(CCO)C4C(CO)CC5CC6=C2C(=O)CC64C5(C)CCSSC3)c1. The van der Waals surface area contributed by atoms with E-state index in [4.69, 9.17) is 10.7 Å². The number of guanidine groups is 1. The van der Waals surface area contributed by atoms with E-state index in [1.165, 1.54) is 22.3 Å². The van der Waals surface area contributed by atoms with Crippen LogP contribution in [-0.4, -0.2) is 70.3 Å². The summed E-state index contributed by atoms with van der Waals surface area (Å²) in [6.07, 6.45) is 8.46. The zero-order chi connectivity index (χ0) is 34.4. The molecule has 3 heterocycles. The first-order valence-corrected chi connectivity index (χ1v) is 23.7. The Morgan fingerprint density at radius 2 is 1.90 bits per heavy atom. The highest BCUT2D eigenvalue weighted by Gasteiger charge is 2.71. The van der Waals surface area contributed by atoms with Crippen molar-refractivity contribution < 1.29 is 15.0 Å². The molecule has 10 heteroatoms. The van der Waals surface area contributed by atoms with Gasteiger partial charge in [0.15, 0.2) is 11.7 Å². The van der Waals surface area contributed by atoms with Crippen molar-refractivity contribution in [1.29, 1.82) is 0 Å². The van der Waals surface area contributed by atoms with Gasteiger partial charge in [0.2, 0.25) is 0 Å². The van der Waals surface area contributed by atoms with Crippen molar-refractivity contribution in [2.24, 2.45) is 63.0 Å². The molecular weight excluding hydrogens is 687 g/mol. The van der Waals surface area contributed by atoms with Gasteiger partial charge in [-0.15, -0.1) is 0 Å². The monoisotopic (exact) mass is 743 g/mol. The number of carbonyl (C=O) groups is 1. The van der Waals surface area contributed by atoms with Gasteiger partial charge in [0, 0.05) is 60.5 Å². The van der Waals surface area contributed by atoms with Gasteiger partial charge in [-0.1, -0.05) is 93.8 Å². The van der Waals surface area contributed by atoms with E-state index in [1.54, 1.807) is 0 Å². The molecule has 6 bridgehead atoms. The summed E-state index contributed by atoms with van der Waals surface area (Å²) in [5.41, 5.74) is 11.6. The molecular formula is C39H57N3O3S4. The molecule has 49 heavy (non-hydrogen) atoms. The molecule has 0 radical (unpaired) electrons. The summed E-state index contributed by atoms with van der Waals surface area (Å²) in [5, 5.41) is 25.0. The number of nitrogens with two attached hydrogens (primary N) is 1. The summed E-state index contributed by atoms with van der Waals surface area (Å²) >= 11 is 0. The number of allylic oxidation sites excluding steroid dienone is 2. The smallest absolute Gasteiger partial charge is 0.189 e. The van der Waals surface area contributed by atoms with Crippen molar-refractivity contribution in [2.45, 2.75) is 84.1 Å². The third kappa shape index (κ3) is 6.57. The van der Waals surface area contributed by atoms with E-state index in [1.807, 2.05) is 43.2 Å². The van der Waals surface area contributed by atoms with E-state index in [0.29, 0.717) is 41.8 Å². The summed E-state index contributed by atoms with van der Waals surface area (Å²) in [4.78, 5) is 19.4. The first-order valence-electron chi connectivity index (χ1n) is 18.8. The lowest BCUT2D eigenvalue weighted by Gasteiger charge is -2.58. The second-order valence-corrected chi connectivity index (χ2v) is 21.9. The number of hydrogen-bond acceptors (Lipinski definition) is 10. The maximum Gasteiger partial charge on any atom is 0.189 e. The highest BCUT2D eigenvalue weighted by molar-refractivity contribution is 8.77. The van der Waals surface area contributed by atoms with Gasteiger partial charge in [0.1, 0.15) is 0 Å². The number of rotatable bonds is 7. The minimum atomic E-state index is -0.209. The number of hydrogen-bond donors (Lipinski definition) is 4. The second-order valence-electron chi connectivity index (χ2n) is 16.7. The van der Waals surface area contributed by atoms with E-state index < -0.39 is 0 Å². The molecule has 3 aliphatic heterocycles. The molecule has 6 nitrogen and oxygen atoms in total. The maximum absolute atomic E-state index is 14.7. The van der Waals surface area contributed by atoms with Crippen LogP contribution in [0.4, 0.5) is 0 Å². The summed E-state index contributed by atoms with van der Waals surface area (Å²) in [5.74, 6) is 7.21. The van der Waals surface area contributed by atoms with E-state index >= 15 is 0 Å². The van der Waals surface area contributed by atoms with Gasteiger partial charge in [-0.25, -0.2) is 0 Å². The molecule has 0 aromatic heterocycles. The lowest BCUT2D eigenvalue weighted by molar-refractivity contribution is -0.129. The van der Waals surface area contributed by atoms with Crippen LogP contribution in [0, 0.1) is 52.3 Å². The van der Waals surface area contributed by atoms with Gasteiger partial charge in [-0.05, 0) is 109 Å². The van der Waals surface area contributed by atoms with Crippen LogP contribution in [0.15, 0.2) is 40.4 Å². The lowest BCUT2D eigenvalue weighted by atomic mass is 9.46. The minimum absolute atomic E-state index is 0.0222. The molecule has 5 N–H and O–H groups in total. The van der Waals surface area contributed by atoms with E-state index in [-0.39, 0.29) is 47.3 Å². The van der Waals surface area contributed by atoms with Crippen molar-refractivity contribution in [2.75, 3.05) is 42.8 Å². The third-order valence-corrected chi connectivity index (χ3v) is 18.8. The molecule has 2 fully saturated rings. The Labute approximate surface area is 310 Å². The average molecular weight is 744 g/mol. The zero-order valence-electron chi connectivity index (χ0n) is 29.6. The molecule has 2 saturated carbocycles. The maximum atomic E-state index is 14.7. The summed E-state index contributed by atoms with van der Waals surface area (Å²) < 4.78 is 0. The first kappa shape index (κ1) is 36.6. The molecule has 2 spiro atoms. The Kier molecular flexibility index (Phi) is 11.1. The van der Waals surface area contributed by atoms with Crippen LogP contribution in [0.5, 0.6) is 0 Å². The quantitative estimate of drug-likeness (QED) is 0.216. The first-order chi connectivity index (χ1) is 23.6. The van der Waals surface area contributed by atoms with Crippen molar-refractivity contribution >= 4 is 54.9 Å². The molecule has 1 aromatic carbocycles. The summed E-state index contributed by atoms with van der Waals surface area (Å²) in [7, 11) is 7.89. The van der Waals surface area contributed by atoms with Crippen LogP contribution in [0.2, 0.25) is 0 Å². The van der Waals surface area contributed by atoms with Gasteiger partial charge in [-0.3, -0.25) is 9.79 Å².